The molecule has 0 aliphatic carbocycles. The number of carboxylic acid groups (broad SMARTS) is 1. The van der Waals surface area contributed by atoms with E-state index in [1.807, 2.05) is 0 Å². The van der Waals surface area contributed by atoms with E-state index in [0.29, 0.717) is 0 Å². The number of aliphatic carboxylic acids is 1. The molecule has 60 valence electrons. The van der Waals surface area contributed by atoms with Gasteiger partial charge in [-0.15, -0.1) is 39.5 Å². The summed E-state index contributed by atoms with van der Waals surface area (Å²) >= 11 is 0. The van der Waals surface area contributed by atoms with Crippen LogP contribution in [0, 0.1) is 0 Å². The molecule has 0 saturated carbocycles. The van der Waals surface area contributed by atoms with Gasteiger partial charge in [-0.2, -0.15) is 0 Å². The van der Waals surface area contributed by atoms with Crippen molar-refractivity contribution in [2.75, 3.05) is 0 Å². The molecule has 0 radical (unpaired) electrons. The van der Waals surface area contributed by atoms with Crippen molar-refractivity contribution in [3.63, 3.8) is 0 Å². The van der Waals surface area contributed by atoms with Gasteiger partial charge < -0.3 is 9.90 Å². The van der Waals surface area contributed by atoms with Crippen LogP contribution in [-0.2, 0) is 4.79 Å². The van der Waals surface area contributed by atoms with Crippen molar-refractivity contribution in [3.8, 4) is 0 Å². The van der Waals surface area contributed by atoms with E-state index in [-0.39, 0.29) is 0 Å². The molecule has 0 saturated heterocycles. The van der Waals surface area contributed by atoms with Gasteiger partial charge in [-0.3, -0.25) is 0 Å². The molecule has 0 rings (SSSR count). The number of hydrogen-bond donors (Lipinski definition) is 0. The molecule has 0 aromatic carbocycles. The Morgan fingerprint density at radius 3 is 1.00 bits per heavy atom. The van der Waals surface area contributed by atoms with Gasteiger partial charge in [0.25, 0.3) is 0 Å². The molecule has 0 amide bonds. The van der Waals surface area contributed by atoms with Crippen LogP contribution < -0.4 is 5.11 Å². The Hall–Kier alpha value is -1.31. The van der Waals surface area contributed by atoms with E-state index < -0.39 is 5.97 Å². The van der Waals surface area contributed by atoms with Crippen molar-refractivity contribution >= 4 is 5.97 Å². The van der Waals surface area contributed by atoms with Crippen LogP contribution in [0.3, 0.4) is 0 Å². The third kappa shape index (κ3) is 126. The molecule has 0 atom stereocenters. The predicted octanol–water partition coefficient (Wildman–Crippen LogP) is 1.16. The minimum Gasteiger partial charge on any atom is -0.550 e. The SMILES string of the molecule is C=C.C=C.C=C.CC(=O)[O-]. The van der Waals surface area contributed by atoms with E-state index in [4.69, 9.17) is 9.90 Å². The van der Waals surface area contributed by atoms with Crippen molar-refractivity contribution < 1.29 is 9.90 Å². The zero-order valence-corrected chi connectivity index (χ0v) is 6.56. The third-order valence-electron chi connectivity index (χ3n) is 0. The Bertz CT molecular complexity index is 51.5. The number of rotatable bonds is 0. The lowest BCUT2D eigenvalue weighted by Gasteiger charge is -1.77. The topological polar surface area (TPSA) is 40.1 Å². The molecule has 0 bridgehead atoms. The average molecular weight is 143 g/mol. The summed E-state index contributed by atoms with van der Waals surface area (Å²) in [7, 11) is 0. The van der Waals surface area contributed by atoms with Crippen LogP contribution in [-0.4, -0.2) is 5.97 Å². The number of carbonyl (C=O) groups excluding carboxylic acids is 1. The Balaban J connectivity index is -0.0000000262. The summed E-state index contributed by atoms with van der Waals surface area (Å²) < 4.78 is 0. The first-order valence-corrected chi connectivity index (χ1v) is 2.41. The van der Waals surface area contributed by atoms with Crippen molar-refractivity contribution in [2.24, 2.45) is 0 Å². The van der Waals surface area contributed by atoms with Crippen LogP contribution in [0.25, 0.3) is 0 Å². The fourth-order valence-corrected chi connectivity index (χ4v) is 0. The van der Waals surface area contributed by atoms with Crippen LogP contribution in [0.2, 0.25) is 0 Å². The second-order valence-corrected chi connectivity index (χ2v) is 0.492. The summed E-state index contributed by atoms with van der Waals surface area (Å²) in [5.41, 5.74) is 0. The lowest BCUT2D eigenvalue weighted by Crippen LogP contribution is -2.16. The Morgan fingerprint density at radius 1 is 1.00 bits per heavy atom. The van der Waals surface area contributed by atoms with Crippen molar-refractivity contribution in [1.29, 1.82) is 0 Å². The quantitative estimate of drug-likeness (QED) is 0.477. The first-order valence-electron chi connectivity index (χ1n) is 2.41. The summed E-state index contributed by atoms with van der Waals surface area (Å²) in [5, 5.41) is 8.89. The maximum Gasteiger partial charge on any atom is 0.0383 e. The number of carboxylic acids is 1. The Kier molecular flexibility index (Phi) is 282. The van der Waals surface area contributed by atoms with Gasteiger partial charge in [0.05, 0.1) is 0 Å². The number of hydrogen-bond acceptors (Lipinski definition) is 2. The van der Waals surface area contributed by atoms with Crippen LogP contribution in [0.4, 0.5) is 0 Å². The van der Waals surface area contributed by atoms with Gasteiger partial charge in [0.2, 0.25) is 0 Å². The number of carbonyl (C=O) groups is 1. The van der Waals surface area contributed by atoms with E-state index in [1.165, 1.54) is 0 Å². The molecule has 0 spiro atoms. The van der Waals surface area contributed by atoms with E-state index in [9.17, 15) is 0 Å². The fraction of sp³-hybridized carbons (Fsp3) is 0.125. The first-order chi connectivity index (χ1) is 4.73. The van der Waals surface area contributed by atoms with Crippen LogP contribution in [0.15, 0.2) is 39.5 Å². The Labute approximate surface area is 63.2 Å². The van der Waals surface area contributed by atoms with Crippen LogP contribution in [0.1, 0.15) is 6.92 Å². The lowest BCUT2D eigenvalue weighted by molar-refractivity contribution is -0.302. The lowest BCUT2D eigenvalue weighted by atomic mass is 10.9. The smallest absolute Gasteiger partial charge is 0.0383 e. The summed E-state index contributed by atoms with van der Waals surface area (Å²) in [5.74, 6) is -1.08. The fourth-order valence-electron chi connectivity index (χ4n) is 0. The highest BCUT2D eigenvalue weighted by Crippen LogP contribution is 1.31. The van der Waals surface area contributed by atoms with E-state index >= 15 is 0 Å². The Morgan fingerprint density at radius 2 is 1.00 bits per heavy atom. The van der Waals surface area contributed by atoms with E-state index in [1.54, 1.807) is 0 Å². The van der Waals surface area contributed by atoms with Gasteiger partial charge >= 0.3 is 0 Å². The van der Waals surface area contributed by atoms with Gasteiger partial charge in [-0.1, -0.05) is 0 Å². The van der Waals surface area contributed by atoms with Crippen LogP contribution in [0.5, 0.6) is 0 Å². The summed E-state index contributed by atoms with van der Waals surface area (Å²) in [4.78, 5) is 8.89. The highest BCUT2D eigenvalue weighted by Gasteiger charge is 1.46. The first kappa shape index (κ1) is 23.4. The molecule has 0 unspecified atom stereocenters. The van der Waals surface area contributed by atoms with E-state index in [2.05, 4.69) is 39.5 Å². The van der Waals surface area contributed by atoms with Crippen molar-refractivity contribution in [2.45, 2.75) is 6.92 Å². The maximum absolute atomic E-state index is 8.89. The van der Waals surface area contributed by atoms with Crippen molar-refractivity contribution in [1.82, 2.24) is 0 Å². The molecule has 0 heterocycles. The summed E-state index contributed by atoms with van der Waals surface area (Å²) in [6.45, 7) is 19.0. The van der Waals surface area contributed by atoms with Gasteiger partial charge in [0.1, 0.15) is 0 Å². The standard InChI is InChI=1S/C2H4O2.3C2H4/c1-2(3)4;3*1-2/h1H3,(H,3,4);3*1-2H2/p-1. The molecule has 0 aliphatic heterocycles. The molecule has 0 aromatic heterocycles. The second kappa shape index (κ2) is 121. The summed E-state index contributed by atoms with van der Waals surface area (Å²) in [6.07, 6.45) is 0. The highest BCUT2D eigenvalue weighted by atomic mass is 16.4. The molecule has 2 nitrogen and oxygen atoms in total. The largest absolute Gasteiger partial charge is 0.550 e. The molecule has 0 aliphatic rings. The normalized spacial score (nSPS) is 3.70. The molecular formula is C8H15O2-. The zero-order valence-electron chi connectivity index (χ0n) is 6.56. The van der Waals surface area contributed by atoms with Gasteiger partial charge in [0, 0.05) is 5.97 Å². The highest BCUT2D eigenvalue weighted by molar-refractivity contribution is 5.60. The van der Waals surface area contributed by atoms with Gasteiger partial charge in [0.15, 0.2) is 0 Å². The van der Waals surface area contributed by atoms with Crippen molar-refractivity contribution in [3.05, 3.63) is 39.5 Å². The van der Waals surface area contributed by atoms with Crippen LogP contribution >= 0.6 is 0 Å². The zero-order chi connectivity index (χ0) is 9.58. The molecule has 0 fully saturated rings. The molecular weight excluding hydrogens is 128 g/mol. The average Bonchev–Trinajstić information content (AvgIpc) is 1.98. The minimum absolute atomic E-state index is 0.972. The maximum atomic E-state index is 8.89. The molecule has 0 aromatic rings. The minimum atomic E-state index is -1.08. The molecule has 0 N–H and O–H groups in total. The van der Waals surface area contributed by atoms with Gasteiger partial charge in [-0.25, -0.2) is 0 Å². The monoisotopic (exact) mass is 143 g/mol. The third-order valence-corrected chi connectivity index (χ3v) is 0. The molecule has 2 heteroatoms. The van der Waals surface area contributed by atoms with E-state index in [0.717, 1.165) is 6.92 Å². The predicted molar refractivity (Wildman–Crippen MR) is 44.4 cm³/mol. The summed E-state index contributed by atoms with van der Waals surface area (Å²) in [6, 6.07) is 0. The molecule has 10 heavy (non-hydrogen) atoms. The van der Waals surface area contributed by atoms with Gasteiger partial charge in [-0.05, 0) is 6.92 Å². The second-order valence-electron chi connectivity index (χ2n) is 0.492.